The fraction of sp³-hybridized carbons (Fsp3) is 0. The third-order valence-electron chi connectivity index (χ3n) is 2.48. The van der Waals surface area contributed by atoms with E-state index >= 15 is 0 Å². The van der Waals surface area contributed by atoms with Crippen LogP contribution in [-0.4, -0.2) is 0 Å². The van der Waals surface area contributed by atoms with Crippen LogP contribution in [0.3, 0.4) is 0 Å². The van der Waals surface area contributed by atoms with E-state index in [1.54, 1.807) is 42.5 Å². The molecular formula is C14H10N4. The van der Waals surface area contributed by atoms with E-state index < -0.39 is 0 Å². The van der Waals surface area contributed by atoms with Crippen LogP contribution in [0.1, 0.15) is 11.1 Å². The zero-order valence-electron chi connectivity index (χ0n) is 9.51. The molecular weight excluding hydrogens is 224 g/mol. The molecule has 4 heteroatoms. The highest BCUT2D eigenvalue weighted by molar-refractivity contribution is 5.67. The summed E-state index contributed by atoms with van der Waals surface area (Å²) in [6, 6.07) is 16.3. The van der Waals surface area contributed by atoms with Gasteiger partial charge in [-0.05, 0) is 42.5 Å². The Morgan fingerprint density at radius 1 is 0.889 bits per heavy atom. The van der Waals surface area contributed by atoms with Crippen molar-refractivity contribution in [2.45, 2.75) is 0 Å². The van der Waals surface area contributed by atoms with E-state index in [1.807, 2.05) is 6.07 Å². The Balaban J connectivity index is 2.24. The lowest BCUT2D eigenvalue weighted by Gasteiger charge is -2.07. The Bertz CT molecular complexity index is 645. The maximum Gasteiger partial charge on any atom is 0.101 e. The molecule has 2 rings (SSSR count). The van der Waals surface area contributed by atoms with Crippen molar-refractivity contribution in [3.63, 3.8) is 0 Å². The Kier molecular flexibility index (Phi) is 3.13. The van der Waals surface area contributed by atoms with E-state index in [9.17, 15) is 0 Å². The summed E-state index contributed by atoms with van der Waals surface area (Å²) in [6.45, 7) is 0. The molecule has 4 nitrogen and oxygen atoms in total. The molecule has 0 spiro atoms. The number of hydrogen-bond donors (Lipinski definition) is 2. The third kappa shape index (κ3) is 2.40. The van der Waals surface area contributed by atoms with Crippen LogP contribution in [0.15, 0.2) is 42.5 Å². The fourth-order valence-electron chi connectivity index (χ4n) is 1.53. The number of nitrogen functional groups attached to an aromatic ring is 1. The Labute approximate surface area is 105 Å². The van der Waals surface area contributed by atoms with Gasteiger partial charge in [0.1, 0.15) is 6.07 Å². The first-order chi connectivity index (χ1) is 8.72. The minimum Gasteiger partial charge on any atom is -0.398 e. The maximum absolute atomic E-state index is 8.88. The molecule has 0 saturated carbocycles. The molecule has 0 heterocycles. The zero-order chi connectivity index (χ0) is 13.0. The van der Waals surface area contributed by atoms with E-state index in [4.69, 9.17) is 16.3 Å². The van der Waals surface area contributed by atoms with Crippen LogP contribution in [0.25, 0.3) is 0 Å². The second kappa shape index (κ2) is 4.90. The quantitative estimate of drug-likeness (QED) is 0.782. The van der Waals surface area contributed by atoms with Gasteiger partial charge in [-0.15, -0.1) is 0 Å². The number of benzene rings is 2. The average molecular weight is 234 g/mol. The molecule has 0 aliphatic carbocycles. The number of hydrogen-bond acceptors (Lipinski definition) is 4. The number of nitrogens with two attached hydrogens (primary N) is 1. The van der Waals surface area contributed by atoms with E-state index in [1.165, 1.54) is 0 Å². The van der Waals surface area contributed by atoms with Gasteiger partial charge in [0.25, 0.3) is 0 Å². The summed E-state index contributed by atoms with van der Waals surface area (Å²) < 4.78 is 0. The maximum atomic E-state index is 8.88. The molecule has 0 aliphatic heterocycles. The number of rotatable bonds is 2. The predicted octanol–water partition coefficient (Wildman–Crippen LogP) is 2.76. The molecule has 2 aromatic rings. The molecule has 0 aliphatic rings. The van der Waals surface area contributed by atoms with Crippen molar-refractivity contribution in [1.82, 2.24) is 0 Å². The highest BCUT2D eigenvalue weighted by Gasteiger charge is 2.00. The van der Waals surface area contributed by atoms with Crippen molar-refractivity contribution >= 4 is 17.1 Å². The number of nitrogens with one attached hydrogen (secondary N) is 1. The third-order valence-corrected chi connectivity index (χ3v) is 2.48. The standard InChI is InChI=1S/C14H10N4/c15-8-10-1-3-12(4-2-10)18-13-5-6-14(17)11(7-13)9-16/h1-7,18H,17H2. The monoisotopic (exact) mass is 234 g/mol. The van der Waals surface area contributed by atoms with Crippen molar-refractivity contribution in [2.75, 3.05) is 11.1 Å². The molecule has 0 aromatic heterocycles. The van der Waals surface area contributed by atoms with E-state index in [2.05, 4.69) is 11.4 Å². The molecule has 86 valence electrons. The van der Waals surface area contributed by atoms with E-state index in [-0.39, 0.29) is 0 Å². The normalized spacial score (nSPS) is 9.22. The molecule has 0 radical (unpaired) electrons. The molecule has 0 bridgehead atoms. The average Bonchev–Trinajstić information content (AvgIpc) is 2.42. The Hall–Kier alpha value is -2.98. The van der Waals surface area contributed by atoms with Gasteiger partial charge in [0.2, 0.25) is 0 Å². The topological polar surface area (TPSA) is 85.6 Å². The Morgan fingerprint density at radius 3 is 2.17 bits per heavy atom. The molecule has 0 amide bonds. The molecule has 0 fully saturated rings. The Morgan fingerprint density at radius 2 is 1.56 bits per heavy atom. The summed E-state index contributed by atoms with van der Waals surface area (Å²) in [7, 11) is 0. The molecule has 0 unspecified atom stereocenters. The summed E-state index contributed by atoms with van der Waals surface area (Å²) in [6.07, 6.45) is 0. The van der Waals surface area contributed by atoms with Crippen molar-refractivity contribution in [1.29, 1.82) is 10.5 Å². The fourth-order valence-corrected chi connectivity index (χ4v) is 1.53. The number of nitrogens with zero attached hydrogens (tertiary/aromatic N) is 2. The second-order valence-corrected chi connectivity index (χ2v) is 3.73. The summed E-state index contributed by atoms with van der Waals surface area (Å²) in [5.74, 6) is 0. The summed E-state index contributed by atoms with van der Waals surface area (Å²) >= 11 is 0. The minimum absolute atomic E-state index is 0.439. The molecule has 0 atom stereocenters. The van der Waals surface area contributed by atoms with E-state index in [0.717, 1.165) is 11.4 Å². The number of anilines is 3. The highest BCUT2D eigenvalue weighted by atomic mass is 14.9. The van der Waals surface area contributed by atoms with Crippen molar-refractivity contribution in [2.24, 2.45) is 0 Å². The minimum atomic E-state index is 0.439. The van der Waals surface area contributed by atoms with Gasteiger partial charge in [-0.25, -0.2) is 0 Å². The van der Waals surface area contributed by atoms with Crippen LogP contribution in [0.5, 0.6) is 0 Å². The zero-order valence-corrected chi connectivity index (χ0v) is 9.51. The van der Waals surface area contributed by atoms with Gasteiger partial charge in [0, 0.05) is 17.1 Å². The van der Waals surface area contributed by atoms with Gasteiger partial charge in [-0.3, -0.25) is 0 Å². The molecule has 2 aromatic carbocycles. The SMILES string of the molecule is N#Cc1ccc(Nc2ccc(N)c(C#N)c2)cc1. The number of nitriles is 2. The largest absolute Gasteiger partial charge is 0.398 e. The molecule has 18 heavy (non-hydrogen) atoms. The summed E-state index contributed by atoms with van der Waals surface area (Å²) in [5.41, 5.74) is 8.78. The first-order valence-corrected chi connectivity index (χ1v) is 5.30. The van der Waals surface area contributed by atoms with Gasteiger partial charge in [-0.2, -0.15) is 10.5 Å². The molecule has 3 N–H and O–H groups in total. The lowest BCUT2D eigenvalue weighted by atomic mass is 10.1. The second-order valence-electron chi connectivity index (χ2n) is 3.73. The van der Waals surface area contributed by atoms with Crippen LogP contribution in [-0.2, 0) is 0 Å². The molecule has 0 saturated heterocycles. The van der Waals surface area contributed by atoms with Crippen molar-refractivity contribution < 1.29 is 0 Å². The van der Waals surface area contributed by atoms with Gasteiger partial charge >= 0.3 is 0 Å². The summed E-state index contributed by atoms with van der Waals surface area (Å²) in [4.78, 5) is 0. The lowest BCUT2D eigenvalue weighted by molar-refractivity contribution is 1.46. The van der Waals surface area contributed by atoms with Crippen LogP contribution < -0.4 is 11.1 Å². The van der Waals surface area contributed by atoms with Gasteiger partial charge < -0.3 is 11.1 Å². The first kappa shape index (κ1) is 11.5. The summed E-state index contributed by atoms with van der Waals surface area (Å²) in [5, 5.41) is 20.7. The van der Waals surface area contributed by atoms with Crippen LogP contribution in [0.2, 0.25) is 0 Å². The highest BCUT2D eigenvalue weighted by Crippen LogP contribution is 2.21. The van der Waals surface area contributed by atoms with Crippen molar-refractivity contribution in [3.05, 3.63) is 53.6 Å². The first-order valence-electron chi connectivity index (χ1n) is 5.30. The lowest BCUT2D eigenvalue weighted by Crippen LogP contribution is -1.94. The van der Waals surface area contributed by atoms with Crippen LogP contribution in [0.4, 0.5) is 17.1 Å². The predicted molar refractivity (Wildman–Crippen MR) is 70.0 cm³/mol. The van der Waals surface area contributed by atoms with Crippen molar-refractivity contribution in [3.8, 4) is 12.1 Å². The van der Waals surface area contributed by atoms with Crippen LogP contribution >= 0.6 is 0 Å². The van der Waals surface area contributed by atoms with Gasteiger partial charge in [0.05, 0.1) is 17.2 Å². The van der Waals surface area contributed by atoms with E-state index in [0.29, 0.717) is 16.8 Å². The van der Waals surface area contributed by atoms with Gasteiger partial charge in [-0.1, -0.05) is 0 Å². The van der Waals surface area contributed by atoms with Gasteiger partial charge in [0.15, 0.2) is 0 Å². The smallest absolute Gasteiger partial charge is 0.101 e. The van der Waals surface area contributed by atoms with Crippen LogP contribution in [0, 0.1) is 22.7 Å².